The normalized spacial score (nSPS) is 23.1. The number of amides is 1. The maximum absolute atomic E-state index is 12.2. The molecular formula is C17H17BrN6O8S. The van der Waals surface area contributed by atoms with E-state index in [1.807, 2.05) is 0 Å². The Hall–Kier alpha value is -2.89. The summed E-state index contributed by atoms with van der Waals surface area (Å²) in [6, 6.07) is 5.32. The quantitative estimate of drug-likeness (QED) is 0.241. The van der Waals surface area contributed by atoms with Gasteiger partial charge in [-0.05, 0) is 28.1 Å². The number of anilines is 1. The Morgan fingerprint density at radius 1 is 1.27 bits per heavy atom. The predicted molar refractivity (Wildman–Crippen MR) is 114 cm³/mol. The summed E-state index contributed by atoms with van der Waals surface area (Å²) in [4.78, 5) is 24.1. The van der Waals surface area contributed by atoms with E-state index in [1.165, 1.54) is 35.2 Å². The number of nitrogens with two attached hydrogens (primary N) is 1. The number of phenolic OH excluding ortho intramolecular Hbond substituents is 1. The second kappa shape index (κ2) is 8.81. The van der Waals surface area contributed by atoms with E-state index >= 15 is 0 Å². The van der Waals surface area contributed by atoms with Crippen molar-refractivity contribution in [3.63, 3.8) is 0 Å². The molecule has 14 nitrogen and oxygen atoms in total. The van der Waals surface area contributed by atoms with Crippen LogP contribution in [-0.2, 0) is 19.2 Å². The van der Waals surface area contributed by atoms with Gasteiger partial charge in [0.15, 0.2) is 27.9 Å². The summed E-state index contributed by atoms with van der Waals surface area (Å²) in [5.41, 5.74) is 5.92. The van der Waals surface area contributed by atoms with Crippen molar-refractivity contribution in [3.8, 4) is 5.75 Å². The highest BCUT2D eigenvalue weighted by molar-refractivity contribution is 9.10. The summed E-state index contributed by atoms with van der Waals surface area (Å²) in [6.07, 6.45) is -4.41. The van der Waals surface area contributed by atoms with Crippen molar-refractivity contribution in [2.45, 2.75) is 24.5 Å². The fourth-order valence-electron chi connectivity index (χ4n) is 3.23. The smallest absolute Gasteiger partial charge is 0.362 e. The van der Waals surface area contributed by atoms with Crippen molar-refractivity contribution in [1.82, 2.24) is 24.2 Å². The van der Waals surface area contributed by atoms with E-state index in [9.17, 15) is 28.5 Å². The number of aromatic nitrogens is 4. The summed E-state index contributed by atoms with van der Waals surface area (Å²) in [5, 5.41) is 30.5. The van der Waals surface area contributed by atoms with E-state index in [0.717, 1.165) is 0 Å². The van der Waals surface area contributed by atoms with E-state index in [-0.39, 0.29) is 27.3 Å². The number of imidazole rings is 1. The number of phenols is 1. The number of nitrogens with zero attached hydrogens (tertiary/aromatic N) is 4. The maximum atomic E-state index is 12.2. The number of carbonyl (C=O) groups excluding carboxylic acids is 1. The van der Waals surface area contributed by atoms with Crippen LogP contribution in [-0.4, -0.2) is 74.1 Å². The lowest BCUT2D eigenvalue weighted by atomic mass is 10.1. The van der Waals surface area contributed by atoms with Crippen molar-refractivity contribution in [3.05, 3.63) is 40.9 Å². The number of hydrogen-bond donors (Lipinski definition) is 5. The molecule has 4 rings (SSSR count). The Morgan fingerprint density at radius 2 is 2.00 bits per heavy atom. The Kier molecular flexibility index (Phi) is 6.21. The summed E-state index contributed by atoms with van der Waals surface area (Å²) < 4.78 is 37.8. The SMILES string of the molecule is Nc1ncnc2c1nc(Br)n2[C@@H]1O[C@H](COS(=O)(=O)NC(=O)c2ccccc2O)[C@@H](O)[C@H]1O. The molecule has 4 atom stereocenters. The third kappa shape index (κ3) is 4.48. The van der Waals surface area contributed by atoms with Crippen LogP contribution in [0.4, 0.5) is 5.82 Å². The van der Waals surface area contributed by atoms with E-state index in [1.54, 1.807) is 4.72 Å². The lowest BCUT2D eigenvalue weighted by molar-refractivity contribution is -0.0479. The van der Waals surface area contributed by atoms with Gasteiger partial charge in [0, 0.05) is 0 Å². The molecule has 0 spiro atoms. The van der Waals surface area contributed by atoms with Crippen LogP contribution in [0.5, 0.6) is 5.75 Å². The summed E-state index contributed by atoms with van der Waals surface area (Å²) in [7, 11) is -4.64. The number of benzene rings is 1. The molecule has 0 unspecified atom stereocenters. The summed E-state index contributed by atoms with van der Waals surface area (Å²) >= 11 is 3.21. The van der Waals surface area contributed by atoms with Crippen LogP contribution in [0.15, 0.2) is 35.3 Å². The largest absolute Gasteiger partial charge is 0.507 e. The molecule has 176 valence electrons. The van der Waals surface area contributed by atoms with Crippen LogP contribution < -0.4 is 10.5 Å². The third-order valence-electron chi connectivity index (χ3n) is 4.81. The number of carbonyl (C=O) groups is 1. The first-order valence-electron chi connectivity index (χ1n) is 9.24. The van der Waals surface area contributed by atoms with Gasteiger partial charge in [-0.2, -0.15) is 8.42 Å². The molecule has 0 aliphatic carbocycles. The molecule has 1 amide bonds. The highest BCUT2D eigenvalue weighted by Gasteiger charge is 2.46. The van der Waals surface area contributed by atoms with Gasteiger partial charge in [-0.1, -0.05) is 12.1 Å². The minimum atomic E-state index is -4.64. The third-order valence-corrected chi connectivity index (χ3v) is 6.25. The topological polar surface area (TPSA) is 212 Å². The molecule has 0 bridgehead atoms. The maximum Gasteiger partial charge on any atom is 0.362 e. The number of nitrogen functional groups attached to an aromatic ring is 1. The fraction of sp³-hybridized carbons (Fsp3) is 0.294. The Morgan fingerprint density at radius 3 is 2.73 bits per heavy atom. The van der Waals surface area contributed by atoms with Crippen LogP contribution >= 0.6 is 15.9 Å². The number of ether oxygens (including phenoxy) is 1. The minimum Gasteiger partial charge on any atom is -0.507 e. The second-order valence-corrected chi connectivity index (χ2v) is 8.97. The number of para-hydroxylation sites is 1. The Bertz CT molecular complexity index is 1320. The van der Waals surface area contributed by atoms with Gasteiger partial charge in [0.25, 0.3) is 5.91 Å². The van der Waals surface area contributed by atoms with Gasteiger partial charge in [0.05, 0.1) is 12.2 Å². The van der Waals surface area contributed by atoms with Crippen molar-refractivity contribution >= 4 is 49.1 Å². The molecule has 1 aromatic carbocycles. The minimum absolute atomic E-state index is 0.0821. The second-order valence-electron chi connectivity index (χ2n) is 6.92. The first-order chi connectivity index (χ1) is 15.6. The zero-order valence-electron chi connectivity index (χ0n) is 16.4. The average Bonchev–Trinajstić information content (AvgIpc) is 3.23. The Balaban J connectivity index is 1.47. The molecule has 0 saturated carbocycles. The number of aromatic hydroxyl groups is 1. The number of hydrogen-bond acceptors (Lipinski definition) is 12. The molecular weight excluding hydrogens is 528 g/mol. The molecule has 6 N–H and O–H groups in total. The Labute approximate surface area is 194 Å². The molecule has 3 aromatic rings. The van der Waals surface area contributed by atoms with Crippen molar-refractivity contribution < 1.29 is 37.5 Å². The molecule has 3 heterocycles. The van der Waals surface area contributed by atoms with E-state index < -0.39 is 53.1 Å². The van der Waals surface area contributed by atoms with Crippen LogP contribution in [0, 0.1) is 0 Å². The number of halogens is 1. The van der Waals surface area contributed by atoms with E-state index in [0.29, 0.717) is 0 Å². The number of fused-ring (bicyclic) bond motifs is 1. The highest BCUT2D eigenvalue weighted by atomic mass is 79.9. The number of aliphatic hydroxyl groups is 2. The monoisotopic (exact) mass is 544 g/mol. The van der Waals surface area contributed by atoms with Gasteiger partial charge in [0.1, 0.15) is 30.4 Å². The van der Waals surface area contributed by atoms with E-state index in [4.69, 9.17) is 14.7 Å². The first-order valence-corrected chi connectivity index (χ1v) is 11.4. The van der Waals surface area contributed by atoms with Crippen LogP contribution in [0.1, 0.15) is 16.6 Å². The van der Waals surface area contributed by atoms with Crippen molar-refractivity contribution in [1.29, 1.82) is 0 Å². The van der Waals surface area contributed by atoms with Crippen LogP contribution in [0.25, 0.3) is 11.2 Å². The van der Waals surface area contributed by atoms with Gasteiger partial charge < -0.3 is 25.8 Å². The first kappa shape index (κ1) is 23.3. The molecule has 1 aliphatic heterocycles. The molecule has 1 aliphatic rings. The molecule has 33 heavy (non-hydrogen) atoms. The zero-order chi connectivity index (χ0) is 23.9. The van der Waals surface area contributed by atoms with Crippen LogP contribution in [0.3, 0.4) is 0 Å². The van der Waals surface area contributed by atoms with E-state index in [2.05, 4.69) is 30.9 Å². The molecule has 1 fully saturated rings. The van der Waals surface area contributed by atoms with Gasteiger partial charge >= 0.3 is 10.3 Å². The molecule has 16 heteroatoms. The standard InChI is InChI=1S/C17H17BrN6O8S/c18-17-22-10-13(19)20-6-21-14(10)24(17)16-12(27)11(26)9(32-16)5-31-33(29,30)23-15(28)7-3-1-2-4-8(7)25/h1-4,6,9,11-12,16,25-27H,5H2,(H,23,28)(H2,19,20,21)/t9-,11-,12-,16-/m1/s1. The fourth-order valence-corrected chi connectivity index (χ4v) is 4.48. The van der Waals surface area contributed by atoms with Crippen LogP contribution in [0.2, 0.25) is 0 Å². The molecule has 0 radical (unpaired) electrons. The molecule has 1 saturated heterocycles. The predicted octanol–water partition coefficient (Wildman–Crippen LogP) is -0.813. The lowest BCUT2D eigenvalue weighted by Crippen LogP contribution is -2.37. The number of rotatable bonds is 6. The molecule has 2 aromatic heterocycles. The average molecular weight is 545 g/mol. The van der Waals surface area contributed by atoms with Gasteiger partial charge in [-0.25, -0.2) is 19.7 Å². The highest BCUT2D eigenvalue weighted by Crippen LogP contribution is 2.35. The van der Waals surface area contributed by atoms with Gasteiger partial charge in [0.2, 0.25) is 0 Å². The zero-order valence-corrected chi connectivity index (χ0v) is 18.8. The number of aliphatic hydroxyl groups excluding tert-OH is 2. The number of nitrogens with one attached hydrogen (secondary N) is 1. The summed E-state index contributed by atoms with van der Waals surface area (Å²) in [5.74, 6) is -1.46. The van der Waals surface area contributed by atoms with Crippen molar-refractivity contribution in [2.75, 3.05) is 12.3 Å². The van der Waals surface area contributed by atoms with Gasteiger partial charge in [-0.15, -0.1) is 0 Å². The lowest BCUT2D eigenvalue weighted by Gasteiger charge is -2.17. The van der Waals surface area contributed by atoms with Gasteiger partial charge in [-0.3, -0.25) is 13.5 Å². The summed E-state index contributed by atoms with van der Waals surface area (Å²) in [6.45, 7) is -0.737. The van der Waals surface area contributed by atoms with Crippen molar-refractivity contribution in [2.24, 2.45) is 0 Å².